The number of carbonyl (C=O) groups is 2. The summed E-state index contributed by atoms with van der Waals surface area (Å²) >= 11 is 0. The molecule has 2 aliphatic heterocycles. The van der Waals surface area contributed by atoms with Crippen molar-refractivity contribution in [3.8, 4) is 5.75 Å². The molecule has 1 saturated heterocycles. The minimum atomic E-state index is -0.435. The lowest BCUT2D eigenvalue weighted by Crippen LogP contribution is -2.39. The van der Waals surface area contributed by atoms with E-state index in [1.54, 1.807) is 4.90 Å². The lowest BCUT2D eigenvalue weighted by molar-refractivity contribution is -0.138. The van der Waals surface area contributed by atoms with Gasteiger partial charge in [0.1, 0.15) is 18.4 Å². The number of hydrogen-bond donors (Lipinski definition) is 0. The zero-order valence-corrected chi connectivity index (χ0v) is 9.39. The molecule has 0 aliphatic carbocycles. The van der Waals surface area contributed by atoms with Crippen LogP contribution < -0.4 is 4.74 Å². The van der Waals surface area contributed by atoms with Crippen LogP contribution in [-0.4, -0.2) is 29.7 Å². The summed E-state index contributed by atoms with van der Waals surface area (Å²) in [5.74, 6) is 0.760. The zero-order valence-electron chi connectivity index (χ0n) is 9.39. The van der Waals surface area contributed by atoms with Gasteiger partial charge in [0.25, 0.3) is 0 Å². The summed E-state index contributed by atoms with van der Waals surface area (Å²) in [5, 5.41) is 0. The molecule has 1 atom stereocenters. The molecule has 2 aliphatic rings. The third-order valence-corrected chi connectivity index (χ3v) is 3.31. The number of nitrogens with zero attached hydrogens (tertiary/aromatic N) is 1. The fourth-order valence-corrected chi connectivity index (χ4v) is 2.52. The summed E-state index contributed by atoms with van der Waals surface area (Å²) < 4.78 is 5.37. The van der Waals surface area contributed by atoms with Gasteiger partial charge in [0, 0.05) is 18.5 Å². The van der Waals surface area contributed by atoms with E-state index < -0.39 is 6.04 Å². The second-order valence-electron chi connectivity index (χ2n) is 4.39. The molecule has 2 heterocycles. The monoisotopic (exact) mass is 231 g/mol. The molecule has 1 amide bonds. The summed E-state index contributed by atoms with van der Waals surface area (Å²) in [5.41, 5.74) is 0.819. The van der Waals surface area contributed by atoms with E-state index in [1.807, 2.05) is 24.3 Å². The first kappa shape index (κ1) is 10.3. The first-order valence-corrected chi connectivity index (χ1v) is 5.81. The molecule has 0 saturated carbocycles. The van der Waals surface area contributed by atoms with Gasteiger partial charge in [-0.3, -0.25) is 9.59 Å². The van der Waals surface area contributed by atoms with Crippen LogP contribution in [0.25, 0.3) is 0 Å². The highest BCUT2D eigenvalue weighted by Gasteiger charge is 2.37. The van der Waals surface area contributed by atoms with E-state index in [0.29, 0.717) is 13.0 Å². The Kier molecular flexibility index (Phi) is 2.35. The van der Waals surface area contributed by atoms with E-state index in [1.165, 1.54) is 0 Å². The van der Waals surface area contributed by atoms with Crippen LogP contribution in [-0.2, 0) is 9.59 Å². The number of rotatable bonds is 1. The van der Waals surface area contributed by atoms with Gasteiger partial charge in [-0.2, -0.15) is 0 Å². The van der Waals surface area contributed by atoms with Crippen molar-refractivity contribution in [2.24, 2.45) is 0 Å². The molecule has 0 spiro atoms. The molecular formula is C13H13NO3. The van der Waals surface area contributed by atoms with Crippen LogP contribution in [0.4, 0.5) is 0 Å². The molecule has 0 radical (unpaired) electrons. The normalized spacial score (nSPS) is 23.5. The van der Waals surface area contributed by atoms with Crippen molar-refractivity contribution in [3.05, 3.63) is 29.8 Å². The lowest BCUT2D eigenvalue weighted by atomic mass is 9.98. The van der Waals surface area contributed by atoms with Crippen molar-refractivity contribution in [2.75, 3.05) is 13.2 Å². The lowest BCUT2D eigenvalue weighted by Gasteiger charge is -2.31. The smallest absolute Gasteiger partial charge is 0.223 e. The van der Waals surface area contributed by atoms with Crippen molar-refractivity contribution >= 4 is 11.7 Å². The molecule has 1 aromatic carbocycles. The van der Waals surface area contributed by atoms with Crippen molar-refractivity contribution in [3.63, 3.8) is 0 Å². The Labute approximate surface area is 99.2 Å². The average molecular weight is 231 g/mol. The van der Waals surface area contributed by atoms with Crippen molar-refractivity contribution in [2.45, 2.75) is 18.9 Å². The topological polar surface area (TPSA) is 46.6 Å². The number of amides is 1. The number of hydrogen-bond acceptors (Lipinski definition) is 3. The molecule has 0 N–H and O–H groups in total. The van der Waals surface area contributed by atoms with Gasteiger partial charge < -0.3 is 9.64 Å². The van der Waals surface area contributed by atoms with Crippen LogP contribution in [0.5, 0.6) is 5.75 Å². The molecule has 0 bridgehead atoms. The Morgan fingerprint density at radius 2 is 2.06 bits per heavy atom. The molecule has 17 heavy (non-hydrogen) atoms. The fourth-order valence-electron chi connectivity index (χ4n) is 2.52. The number of Topliss-reactive ketones (excluding diaryl/α,β-unsaturated/α-hetero) is 1. The van der Waals surface area contributed by atoms with Gasteiger partial charge in [-0.15, -0.1) is 0 Å². The van der Waals surface area contributed by atoms with E-state index in [2.05, 4.69) is 0 Å². The number of ketones is 1. The van der Waals surface area contributed by atoms with E-state index in [-0.39, 0.29) is 18.3 Å². The Morgan fingerprint density at radius 1 is 1.24 bits per heavy atom. The van der Waals surface area contributed by atoms with Gasteiger partial charge in [0.15, 0.2) is 5.78 Å². The Hall–Kier alpha value is -1.84. The number of benzene rings is 1. The average Bonchev–Trinajstić information content (AvgIpc) is 2.75. The van der Waals surface area contributed by atoms with Gasteiger partial charge >= 0.3 is 0 Å². The molecular weight excluding hydrogens is 218 g/mol. The molecule has 3 rings (SSSR count). The van der Waals surface area contributed by atoms with Gasteiger partial charge in [-0.05, 0) is 12.5 Å². The largest absolute Gasteiger partial charge is 0.485 e. The Bertz CT molecular complexity index is 483. The second kappa shape index (κ2) is 3.87. The van der Waals surface area contributed by atoms with Gasteiger partial charge in [0.05, 0.1) is 0 Å². The molecule has 1 aromatic rings. The second-order valence-corrected chi connectivity index (χ2v) is 4.39. The molecule has 4 nitrogen and oxygen atoms in total. The SMILES string of the molecule is O=C1COc2ccccc2C1N1CCCC1=O. The van der Waals surface area contributed by atoms with Crippen LogP contribution in [0.2, 0.25) is 0 Å². The zero-order chi connectivity index (χ0) is 11.8. The summed E-state index contributed by atoms with van der Waals surface area (Å²) in [7, 11) is 0. The molecule has 1 fully saturated rings. The maximum atomic E-state index is 12.0. The van der Waals surface area contributed by atoms with Crippen LogP contribution in [0.15, 0.2) is 24.3 Å². The predicted octanol–water partition coefficient (Wildman–Crippen LogP) is 1.31. The summed E-state index contributed by atoms with van der Waals surface area (Å²) in [6.07, 6.45) is 1.39. The third kappa shape index (κ3) is 1.60. The number of carbonyl (C=O) groups excluding carboxylic acids is 2. The quantitative estimate of drug-likeness (QED) is 0.732. The van der Waals surface area contributed by atoms with E-state index in [9.17, 15) is 9.59 Å². The van der Waals surface area contributed by atoms with E-state index in [4.69, 9.17) is 4.74 Å². The van der Waals surface area contributed by atoms with Crippen molar-refractivity contribution < 1.29 is 14.3 Å². The van der Waals surface area contributed by atoms with E-state index >= 15 is 0 Å². The summed E-state index contributed by atoms with van der Waals surface area (Å²) in [6, 6.07) is 7.01. The first-order valence-electron chi connectivity index (χ1n) is 5.81. The van der Waals surface area contributed by atoms with Crippen LogP contribution in [0, 0.1) is 0 Å². The van der Waals surface area contributed by atoms with Gasteiger partial charge in [-0.1, -0.05) is 18.2 Å². The summed E-state index contributed by atoms with van der Waals surface area (Å²) in [4.78, 5) is 25.4. The Balaban J connectivity index is 2.03. The predicted molar refractivity (Wildman–Crippen MR) is 60.6 cm³/mol. The maximum Gasteiger partial charge on any atom is 0.223 e. The highest BCUT2D eigenvalue weighted by atomic mass is 16.5. The molecule has 4 heteroatoms. The van der Waals surface area contributed by atoms with Crippen LogP contribution in [0.1, 0.15) is 24.4 Å². The number of fused-ring (bicyclic) bond motifs is 1. The highest BCUT2D eigenvalue weighted by molar-refractivity contribution is 5.93. The van der Waals surface area contributed by atoms with Gasteiger partial charge in [-0.25, -0.2) is 0 Å². The molecule has 88 valence electrons. The minimum Gasteiger partial charge on any atom is -0.485 e. The third-order valence-electron chi connectivity index (χ3n) is 3.31. The van der Waals surface area contributed by atoms with Crippen molar-refractivity contribution in [1.29, 1.82) is 0 Å². The minimum absolute atomic E-state index is 0.0287. The number of likely N-dealkylation sites (tertiary alicyclic amines) is 1. The number of ether oxygens (including phenoxy) is 1. The fraction of sp³-hybridized carbons (Fsp3) is 0.385. The Morgan fingerprint density at radius 3 is 2.82 bits per heavy atom. The van der Waals surface area contributed by atoms with Crippen LogP contribution >= 0.6 is 0 Å². The molecule has 1 unspecified atom stereocenters. The molecule has 0 aromatic heterocycles. The first-order chi connectivity index (χ1) is 8.27. The van der Waals surface area contributed by atoms with Gasteiger partial charge in [0.2, 0.25) is 5.91 Å². The standard InChI is InChI=1S/C13H13NO3/c15-10-8-17-11-5-2-1-4-9(11)13(10)14-7-3-6-12(14)16/h1-2,4-5,13H,3,6-8H2. The number of para-hydroxylation sites is 1. The highest BCUT2D eigenvalue weighted by Crippen LogP contribution is 2.35. The van der Waals surface area contributed by atoms with E-state index in [0.717, 1.165) is 17.7 Å². The maximum absolute atomic E-state index is 12.0. The van der Waals surface area contributed by atoms with Crippen molar-refractivity contribution in [1.82, 2.24) is 4.90 Å². The van der Waals surface area contributed by atoms with Crippen LogP contribution in [0.3, 0.4) is 0 Å². The summed E-state index contributed by atoms with van der Waals surface area (Å²) in [6.45, 7) is 0.731.